The van der Waals surface area contributed by atoms with Crippen molar-refractivity contribution in [3.8, 4) is 0 Å². The lowest BCUT2D eigenvalue weighted by Crippen LogP contribution is -2.37. The van der Waals surface area contributed by atoms with Crippen LogP contribution >= 0.6 is 11.6 Å². The maximum absolute atomic E-state index is 12.8. The van der Waals surface area contributed by atoms with Crippen molar-refractivity contribution < 1.29 is 19.1 Å². The molecule has 1 aromatic carbocycles. The Kier molecular flexibility index (Phi) is 3.75. The molecule has 2 N–H and O–H groups in total. The fraction of sp³-hybridized carbons (Fsp3) is 0.385. The average Bonchev–Trinajstić information content (AvgIpc) is 3.13. The van der Waals surface area contributed by atoms with Crippen molar-refractivity contribution in [2.75, 3.05) is 6.54 Å². The summed E-state index contributed by atoms with van der Waals surface area (Å²) in [4.78, 5) is 22.6. The van der Waals surface area contributed by atoms with Crippen molar-refractivity contribution in [3.05, 3.63) is 34.6 Å². The van der Waals surface area contributed by atoms with Gasteiger partial charge in [-0.15, -0.1) is 0 Å². The molecule has 4 nitrogen and oxygen atoms in total. The van der Waals surface area contributed by atoms with Crippen LogP contribution in [0.1, 0.15) is 18.4 Å². The third kappa shape index (κ3) is 2.87. The maximum atomic E-state index is 12.8. The Hall–Kier alpha value is -1.62. The van der Waals surface area contributed by atoms with Gasteiger partial charge < -0.3 is 10.4 Å². The molecule has 0 bridgehead atoms. The lowest BCUT2D eigenvalue weighted by molar-refractivity contribution is -0.149. The predicted octanol–water partition coefficient (Wildman–Crippen LogP) is 2.00. The van der Waals surface area contributed by atoms with E-state index in [9.17, 15) is 14.0 Å². The molecule has 1 aliphatic rings. The van der Waals surface area contributed by atoms with Gasteiger partial charge in [-0.1, -0.05) is 17.7 Å². The SMILES string of the molecule is O=C(O)C1(C(=O)NCCc2ccc(F)cc2Cl)CC1. The van der Waals surface area contributed by atoms with Crippen LogP contribution in [0.25, 0.3) is 0 Å². The zero-order valence-corrected chi connectivity index (χ0v) is 10.8. The van der Waals surface area contributed by atoms with E-state index >= 15 is 0 Å². The number of carboxylic acid groups (broad SMARTS) is 1. The van der Waals surface area contributed by atoms with Crippen LogP contribution < -0.4 is 5.32 Å². The molecule has 0 saturated heterocycles. The molecule has 1 amide bonds. The average molecular weight is 286 g/mol. The van der Waals surface area contributed by atoms with E-state index in [1.165, 1.54) is 12.1 Å². The van der Waals surface area contributed by atoms with Crippen LogP contribution in [0.4, 0.5) is 4.39 Å². The topological polar surface area (TPSA) is 66.4 Å². The summed E-state index contributed by atoms with van der Waals surface area (Å²) in [6.07, 6.45) is 1.19. The van der Waals surface area contributed by atoms with E-state index in [4.69, 9.17) is 16.7 Å². The van der Waals surface area contributed by atoms with E-state index < -0.39 is 23.1 Å². The van der Waals surface area contributed by atoms with E-state index in [1.807, 2.05) is 0 Å². The number of halogens is 2. The lowest BCUT2D eigenvalue weighted by atomic mass is 10.1. The normalized spacial score (nSPS) is 15.9. The second kappa shape index (κ2) is 5.17. The highest BCUT2D eigenvalue weighted by atomic mass is 35.5. The molecule has 6 heteroatoms. The zero-order valence-electron chi connectivity index (χ0n) is 10.1. The Bertz CT molecular complexity index is 529. The molecule has 1 aliphatic carbocycles. The van der Waals surface area contributed by atoms with Crippen molar-refractivity contribution in [1.82, 2.24) is 5.32 Å². The Morgan fingerprint density at radius 2 is 2.11 bits per heavy atom. The first-order valence-electron chi connectivity index (χ1n) is 5.91. The lowest BCUT2D eigenvalue weighted by Gasteiger charge is -2.11. The second-order valence-corrected chi connectivity index (χ2v) is 5.04. The van der Waals surface area contributed by atoms with Crippen molar-refractivity contribution in [2.24, 2.45) is 5.41 Å². The van der Waals surface area contributed by atoms with Crippen molar-refractivity contribution in [2.45, 2.75) is 19.3 Å². The third-order valence-corrected chi connectivity index (χ3v) is 3.64. The van der Waals surface area contributed by atoms with Gasteiger partial charge in [0.2, 0.25) is 5.91 Å². The van der Waals surface area contributed by atoms with E-state index in [-0.39, 0.29) is 6.54 Å². The summed E-state index contributed by atoms with van der Waals surface area (Å²) >= 11 is 5.85. The van der Waals surface area contributed by atoms with Crippen LogP contribution in [-0.2, 0) is 16.0 Å². The minimum Gasteiger partial charge on any atom is -0.480 e. The number of nitrogens with one attached hydrogen (secondary N) is 1. The Morgan fingerprint density at radius 1 is 1.42 bits per heavy atom. The highest BCUT2D eigenvalue weighted by Crippen LogP contribution is 2.46. The van der Waals surface area contributed by atoms with Gasteiger partial charge in [-0.2, -0.15) is 0 Å². The van der Waals surface area contributed by atoms with Gasteiger partial charge in [-0.3, -0.25) is 9.59 Å². The molecule has 0 aliphatic heterocycles. The molecule has 2 rings (SSSR count). The van der Waals surface area contributed by atoms with Crippen LogP contribution in [0.3, 0.4) is 0 Å². The summed E-state index contributed by atoms with van der Waals surface area (Å²) < 4.78 is 12.8. The van der Waals surface area contributed by atoms with Gasteiger partial charge in [0.05, 0.1) is 0 Å². The van der Waals surface area contributed by atoms with Crippen molar-refractivity contribution in [3.63, 3.8) is 0 Å². The number of carboxylic acids is 1. The standard InChI is InChI=1S/C13H13ClFNO3/c14-10-7-9(15)2-1-8(10)3-6-16-11(17)13(4-5-13)12(18)19/h1-2,7H,3-6H2,(H,16,17)(H,18,19). The molecule has 0 radical (unpaired) electrons. The molecule has 0 atom stereocenters. The molecule has 1 fully saturated rings. The van der Waals surface area contributed by atoms with Crippen molar-refractivity contribution in [1.29, 1.82) is 0 Å². The number of aliphatic carboxylic acids is 1. The van der Waals surface area contributed by atoms with E-state index in [2.05, 4.69) is 5.32 Å². The molecule has 1 saturated carbocycles. The minimum absolute atomic E-state index is 0.277. The fourth-order valence-corrected chi connectivity index (χ4v) is 2.13. The van der Waals surface area contributed by atoms with Crippen LogP contribution in [-0.4, -0.2) is 23.5 Å². The summed E-state index contributed by atoms with van der Waals surface area (Å²) in [5.41, 5.74) is -0.518. The fourth-order valence-electron chi connectivity index (χ4n) is 1.87. The maximum Gasteiger partial charge on any atom is 0.319 e. The van der Waals surface area contributed by atoms with Gasteiger partial charge >= 0.3 is 5.97 Å². The van der Waals surface area contributed by atoms with Crippen LogP contribution in [0.2, 0.25) is 5.02 Å². The predicted molar refractivity (Wildman–Crippen MR) is 67.4 cm³/mol. The number of hydrogen-bond donors (Lipinski definition) is 2. The first-order chi connectivity index (χ1) is 8.95. The first kappa shape index (κ1) is 13.8. The van der Waals surface area contributed by atoms with E-state index in [1.54, 1.807) is 6.07 Å². The van der Waals surface area contributed by atoms with Crippen LogP contribution in [0, 0.1) is 11.2 Å². The molecule has 102 valence electrons. The molecule has 0 aromatic heterocycles. The second-order valence-electron chi connectivity index (χ2n) is 4.63. The van der Waals surface area contributed by atoms with Crippen molar-refractivity contribution >= 4 is 23.5 Å². The van der Waals surface area contributed by atoms with Gasteiger partial charge in [-0.05, 0) is 37.0 Å². The number of rotatable bonds is 5. The number of carbonyl (C=O) groups is 2. The molecule has 0 unspecified atom stereocenters. The third-order valence-electron chi connectivity index (χ3n) is 3.29. The largest absolute Gasteiger partial charge is 0.480 e. The summed E-state index contributed by atoms with van der Waals surface area (Å²) in [5.74, 6) is -1.95. The van der Waals surface area contributed by atoms with Gasteiger partial charge in [0.25, 0.3) is 0 Å². The Morgan fingerprint density at radius 3 is 2.63 bits per heavy atom. The van der Waals surface area contributed by atoms with Crippen LogP contribution in [0.15, 0.2) is 18.2 Å². The number of benzene rings is 1. The molecule has 19 heavy (non-hydrogen) atoms. The summed E-state index contributed by atoms with van der Waals surface area (Å²) in [6.45, 7) is 0.277. The quantitative estimate of drug-likeness (QED) is 0.813. The molecular formula is C13H13ClFNO3. The Balaban J connectivity index is 1.87. The zero-order chi connectivity index (χ0) is 14.0. The highest BCUT2D eigenvalue weighted by Gasteiger charge is 2.56. The minimum atomic E-state index is -1.23. The van der Waals surface area contributed by atoms with Gasteiger partial charge in [-0.25, -0.2) is 4.39 Å². The van der Waals surface area contributed by atoms with E-state index in [0.717, 1.165) is 0 Å². The first-order valence-corrected chi connectivity index (χ1v) is 6.29. The molecular weight excluding hydrogens is 273 g/mol. The number of amides is 1. The summed E-state index contributed by atoms with van der Waals surface area (Å²) in [7, 11) is 0. The number of hydrogen-bond acceptors (Lipinski definition) is 2. The van der Waals surface area contributed by atoms with Crippen LogP contribution in [0.5, 0.6) is 0 Å². The highest BCUT2D eigenvalue weighted by molar-refractivity contribution is 6.31. The van der Waals surface area contributed by atoms with Gasteiger partial charge in [0.1, 0.15) is 11.2 Å². The molecule has 0 heterocycles. The van der Waals surface area contributed by atoms with E-state index in [0.29, 0.717) is 29.8 Å². The Labute approximate surface area is 114 Å². The monoisotopic (exact) mass is 285 g/mol. The summed E-state index contributed by atoms with van der Waals surface area (Å²) in [6, 6.07) is 4.05. The van der Waals surface area contributed by atoms with Gasteiger partial charge in [0.15, 0.2) is 0 Å². The smallest absolute Gasteiger partial charge is 0.319 e. The summed E-state index contributed by atoms with van der Waals surface area (Å²) in [5, 5.41) is 11.8. The molecule has 0 spiro atoms. The number of carbonyl (C=O) groups excluding carboxylic acids is 1. The molecule has 1 aromatic rings. The van der Waals surface area contributed by atoms with Gasteiger partial charge in [0, 0.05) is 11.6 Å².